The summed E-state index contributed by atoms with van der Waals surface area (Å²) in [5.41, 5.74) is -0.541. The Balaban J connectivity index is 2.48. The number of nitro benzene ring substituents is 1. The highest BCUT2D eigenvalue weighted by Gasteiger charge is 2.14. The summed E-state index contributed by atoms with van der Waals surface area (Å²) < 4.78 is 13.3. The van der Waals surface area contributed by atoms with Gasteiger partial charge in [0.1, 0.15) is 0 Å². The highest BCUT2D eigenvalue weighted by atomic mass is 19.1. The molecule has 0 heterocycles. The molecule has 0 unspecified atom stereocenters. The number of unbranched alkanes of at least 4 members (excludes halogenated alkanes) is 1. The summed E-state index contributed by atoms with van der Waals surface area (Å²) in [6, 6.07) is 3.07. The van der Waals surface area contributed by atoms with Gasteiger partial charge in [-0.15, -0.1) is 0 Å². The zero-order valence-electron chi connectivity index (χ0n) is 10.5. The number of hydrogen-bond donors (Lipinski definition) is 2. The molecule has 0 bridgehead atoms. The molecule has 1 aromatic carbocycles. The second-order valence-electron chi connectivity index (χ2n) is 4.07. The Morgan fingerprint density at radius 2 is 1.95 bits per heavy atom. The van der Waals surface area contributed by atoms with Gasteiger partial charge in [-0.1, -0.05) is 0 Å². The van der Waals surface area contributed by atoms with E-state index < -0.39 is 28.3 Å². The fourth-order valence-corrected chi connectivity index (χ4v) is 1.52. The van der Waals surface area contributed by atoms with Crippen molar-refractivity contribution in [3.8, 4) is 0 Å². The molecule has 8 heteroatoms. The molecule has 7 nitrogen and oxygen atoms in total. The highest BCUT2D eigenvalue weighted by Crippen LogP contribution is 2.21. The number of carboxylic acids is 1. The first-order valence-electron chi connectivity index (χ1n) is 5.85. The third kappa shape index (κ3) is 5.01. The fourth-order valence-electron chi connectivity index (χ4n) is 1.52. The highest BCUT2D eigenvalue weighted by molar-refractivity contribution is 5.90. The molecule has 0 spiro atoms. The van der Waals surface area contributed by atoms with Crippen LogP contribution in [0.25, 0.3) is 0 Å². The van der Waals surface area contributed by atoms with Crippen LogP contribution in [-0.4, -0.2) is 21.9 Å². The van der Waals surface area contributed by atoms with E-state index >= 15 is 0 Å². The van der Waals surface area contributed by atoms with Crippen LogP contribution in [0.4, 0.5) is 15.8 Å². The second-order valence-corrected chi connectivity index (χ2v) is 4.07. The van der Waals surface area contributed by atoms with Gasteiger partial charge in [-0.2, -0.15) is 4.39 Å². The number of carboxylic acid groups (broad SMARTS) is 1. The minimum atomic E-state index is -1.03. The number of rotatable bonds is 7. The zero-order chi connectivity index (χ0) is 15.1. The van der Waals surface area contributed by atoms with E-state index in [-0.39, 0.29) is 18.5 Å². The monoisotopic (exact) mass is 284 g/mol. The van der Waals surface area contributed by atoms with Gasteiger partial charge < -0.3 is 10.4 Å². The predicted octanol–water partition coefficient (Wildman–Crippen LogP) is 2.32. The van der Waals surface area contributed by atoms with Gasteiger partial charge in [0.25, 0.3) is 0 Å². The van der Waals surface area contributed by atoms with Gasteiger partial charge in [0.05, 0.1) is 4.92 Å². The van der Waals surface area contributed by atoms with Crippen LogP contribution >= 0.6 is 0 Å². The summed E-state index contributed by atoms with van der Waals surface area (Å²) >= 11 is 0. The van der Waals surface area contributed by atoms with E-state index in [1.165, 1.54) is 6.07 Å². The third-order valence-corrected chi connectivity index (χ3v) is 2.47. The molecule has 1 aromatic rings. The van der Waals surface area contributed by atoms with E-state index in [1.807, 2.05) is 0 Å². The maximum absolute atomic E-state index is 13.3. The third-order valence-electron chi connectivity index (χ3n) is 2.47. The average molecular weight is 284 g/mol. The van der Waals surface area contributed by atoms with E-state index in [9.17, 15) is 24.1 Å². The molecule has 0 radical (unpaired) electrons. The number of anilines is 1. The molecule has 0 atom stereocenters. The Kier molecular flexibility index (Phi) is 5.57. The molecule has 0 saturated carbocycles. The van der Waals surface area contributed by atoms with Crippen molar-refractivity contribution in [2.45, 2.75) is 25.7 Å². The molecule has 0 fully saturated rings. The summed E-state index contributed by atoms with van der Waals surface area (Å²) in [5, 5.41) is 21.2. The van der Waals surface area contributed by atoms with Crippen molar-refractivity contribution in [1.82, 2.24) is 0 Å². The number of carbonyl (C=O) groups is 2. The first-order chi connectivity index (χ1) is 9.40. The average Bonchev–Trinajstić information content (AvgIpc) is 2.34. The van der Waals surface area contributed by atoms with Gasteiger partial charge in [0.2, 0.25) is 11.7 Å². The van der Waals surface area contributed by atoms with Crippen molar-refractivity contribution in [3.63, 3.8) is 0 Å². The van der Waals surface area contributed by atoms with Crippen LogP contribution in [0.15, 0.2) is 18.2 Å². The van der Waals surface area contributed by atoms with Crippen molar-refractivity contribution < 1.29 is 24.0 Å². The van der Waals surface area contributed by atoms with Gasteiger partial charge in [-0.05, 0) is 18.9 Å². The van der Waals surface area contributed by atoms with E-state index in [4.69, 9.17) is 5.11 Å². The predicted molar refractivity (Wildman–Crippen MR) is 67.8 cm³/mol. The smallest absolute Gasteiger partial charge is 0.304 e. The Morgan fingerprint density at radius 3 is 2.50 bits per heavy atom. The number of hydrogen-bond acceptors (Lipinski definition) is 4. The van der Waals surface area contributed by atoms with Gasteiger partial charge in [0, 0.05) is 30.7 Å². The van der Waals surface area contributed by atoms with Crippen LogP contribution in [0.5, 0.6) is 0 Å². The van der Waals surface area contributed by atoms with E-state index in [0.29, 0.717) is 12.8 Å². The number of amides is 1. The van der Waals surface area contributed by atoms with Crippen LogP contribution in [0, 0.1) is 15.9 Å². The van der Waals surface area contributed by atoms with Gasteiger partial charge >= 0.3 is 11.7 Å². The Labute approximate surface area is 113 Å². The zero-order valence-corrected chi connectivity index (χ0v) is 10.5. The first kappa shape index (κ1) is 15.5. The SMILES string of the molecule is O=C(O)CCCCC(=O)Nc1ccc([N+](=O)[O-])c(F)c1. The van der Waals surface area contributed by atoms with Crippen molar-refractivity contribution in [2.24, 2.45) is 0 Å². The summed E-state index contributed by atoms with van der Waals surface area (Å²) in [7, 11) is 0. The van der Waals surface area contributed by atoms with Gasteiger partial charge in [-0.3, -0.25) is 19.7 Å². The number of nitrogens with one attached hydrogen (secondary N) is 1. The Bertz CT molecular complexity index is 533. The number of carbonyl (C=O) groups excluding carboxylic acids is 1. The summed E-state index contributed by atoms with van der Waals surface area (Å²) in [6.07, 6.45) is 0.857. The minimum absolute atomic E-state index is 0.0144. The van der Waals surface area contributed by atoms with Gasteiger partial charge in [0.15, 0.2) is 0 Å². The van der Waals surface area contributed by atoms with Crippen LogP contribution in [-0.2, 0) is 9.59 Å². The largest absolute Gasteiger partial charge is 0.481 e. The lowest BCUT2D eigenvalue weighted by molar-refractivity contribution is -0.387. The minimum Gasteiger partial charge on any atom is -0.481 e. The van der Waals surface area contributed by atoms with Crippen molar-refractivity contribution >= 4 is 23.3 Å². The van der Waals surface area contributed by atoms with E-state index in [2.05, 4.69) is 5.32 Å². The quantitative estimate of drug-likeness (QED) is 0.453. The lowest BCUT2D eigenvalue weighted by atomic mass is 10.2. The number of aliphatic carboxylic acids is 1. The number of benzene rings is 1. The molecule has 2 N–H and O–H groups in total. The number of nitrogens with zero attached hydrogens (tertiary/aromatic N) is 1. The number of halogens is 1. The second kappa shape index (κ2) is 7.17. The van der Waals surface area contributed by atoms with E-state index in [0.717, 1.165) is 12.1 Å². The van der Waals surface area contributed by atoms with Crippen LogP contribution < -0.4 is 5.32 Å². The maximum atomic E-state index is 13.3. The van der Waals surface area contributed by atoms with E-state index in [1.54, 1.807) is 0 Å². The molecule has 1 amide bonds. The van der Waals surface area contributed by atoms with Crippen molar-refractivity contribution in [2.75, 3.05) is 5.32 Å². The fraction of sp³-hybridized carbons (Fsp3) is 0.333. The molecule has 0 aromatic heterocycles. The molecule has 108 valence electrons. The molecule has 20 heavy (non-hydrogen) atoms. The molecular formula is C12H13FN2O5. The molecular weight excluding hydrogens is 271 g/mol. The topological polar surface area (TPSA) is 110 Å². The van der Waals surface area contributed by atoms with Crippen LogP contribution in [0.2, 0.25) is 0 Å². The Hall–Kier alpha value is -2.51. The molecule has 0 aliphatic carbocycles. The van der Waals surface area contributed by atoms with Crippen LogP contribution in [0.1, 0.15) is 25.7 Å². The molecule has 0 saturated heterocycles. The van der Waals surface area contributed by atoms with Gasteiger partial charge in [-0.25, -0.2) is 0 Å². The summed E-state index contributed by atoms with van der Waals surface area (Å²) in [4.78, 5) is 31.3. The molecule has 1 rings (SSSR count). The van der Waals surface area contributed by atoms with Crippen molar-refractivity contribution in [1.29, 1.82) is 0 Å². The first-order valence-corrected chi connectivity index (χ1v) is 5.85. The standard InChI is InChI=1S/C12H13FN2O5/c13-9-7-8(5-6-10(9)15(19)20)14-11(16)3-1-2-4-12(17)18/h5-7H,1-4H2,(H,14,16)(H,17,18). The molecule has 0 aliphatic heterocycles. The lowest BCUT2D eigenvalue weighted by Gasteiger charge is -2.05. The van der Waals surface area contributed by atoms with Crippen molar-refractivity contribution in [3.05, 3.63) is 34.1 Å². The number of nitro groups is 1. The molecule has 0 aliphatic rings. The summed E-state index contributed by atoms with van der Waals surface area (Å²) in [5.74, 6) is -2.36. The lowest BCUT2D eigenvalue weighted by Crippen LogP contribution is -2.11. The Morgan fingerprint density at radius 1 is 1.30 bits per heavy atom. The normalized spacial score (nSPS) is 10.1. The van der Waals surface area contributed by atoms with Crippen LogP contribution in [0.3, 0.4) is 0 Å². The summed E-state index contributed by atoms with van der Waals surface area (Å²) in [6.45, 7) is 0. The maximum Gasteiger partial charge on any atom is 0.304 e.